The Morgan fingerprint density at radius 3 is 1.03 bits per heavy atom. The van der Waals surface area contributed by atoms with E-state index in [1.54, 1.807) is 14.2 Å². The monoisotopic (exact) mass is 534 g/mol. The van der Waals surface area contributed by atoms with Crippen molar-refractivity contribution < 1.29 is 22.1 Å². The topological polar surface area (TPSA) is 18.5 Å². The van der Waals surface area contributed by atoms with Crippen LogP contribution in [0, 0.1) is 0 Å². The van der Waals surface area contributed by atoms with Crippen LogP contribution in [0.2, 0.25) is 0 Å². The third-order valence-electron chi connectivity index (χ3n) is 4.53. The summed E-state index contributed by atoms with van der Waals surface area (Å²) in [5.74, 6) is 0. The van der Waals surface area contributed by atoms with Crippen LogP contribution in [-0.2, 0) is 22.1 Å². The summed E-state index contributed by atoms with van der Waals surface area (Å²) >= 11 is 0.569. The van der Waals surface area contributed by atoms with Gasteiger partial charge in [0.05, 0.1) is 48.2 Å². The molecule has 0 saturated heterocycles. The van der Waals surface area contributed by atoms with Crippen molar-refractivity contribution in [2.75, 3.05) is 39.8 Å². The molecule has 0 radical (unpaired) electrons. The van der Waals surface area contributed by atoms with E-state index in [2.05, 4.69) is 79.7 Å². The van der Waals surface area contributed by atoms with Crippen molar-refractivity contribution in [2.24, 2.45) is 0 Å². The molecule has 0 N–H and O–H groups in total. The molecular weight excluding hydrogens is 488 g/mol. The summed E-state index contributed by atoms with van der Waals surface area (Å²) in [7, 11) is 12.5. The minimum absolute atomic E-state index is 0.202. The summed E-state index contributed by atoms with van der Waals surface area (Å²) in [6.45, 7) is 20.3. The normalized spacial score (nSPS) is 12.1. The van der Waals surface area contributed by atoms with E-state index in [1.165, 1.54) is 12.3 Å². The molecule has 0 aromatic rings. The van der Waals surface area contributed by atoms with Gasteiger partial charge in [0.1, 0.15) is 0 Å². The molecule has 0 atom stereocenters. The van der Waals surface area contributed by atoms with Crippen LogP contribution in [0.3, 0.4) is 0 Å². The van der Waals surface area contributed by atoms with Crippen LogP contribution < -0.4 is 0 Å². The summed E-state index contributed by atoms with van der Waals surface area (Å²) < 4.78 is 9.94. The van der Waals surface area contributed by atoms with E-state index < -0.39 is 0 Å². The Morgan fingerprint density at radius 2 is 0.862 bits per heavy atom. The van der Waals surface area contributed by atoms with Crippen molar-refractivity contribution in [1.82, 2.24) is 0 Å². The van der Waals surface area contributed by atoms with Crippen LogP contribution in [-0.4, -0.2) is 62.4 Å². The molecule has 0 rings (SSSR count). The molecule has 0 spiro atoms. The summed E-state index contributed by atoms with van der Waals surface area (Å²) in [5, 5.41) is 0. The number of halogens is 2. The standard InChI is InChI=1S/2C11H23OP.2ClH.Ni/c2*1-10(2)13(11(3)4)9-7-6-8-12-5;;;/h2*6-7,10-11H,8-9H2,1-5H3;2*1H;/q;;;;+2. The van der Waals surface area contributed by atoms with Crippen molar-refractivity contribution in [3.63, 3.8) is 0 Å². The molecule has 0 heterocycles. The van der Waals surface area contributed by atoms with E-state index in [0.717, 1.165) is 35.8 Å². The fourth-order valence-electron chi connectivity index (χ4n) is 3.04. The molecule has 0 aliphatic carbocycles. The van der Waals surface area contributed by atoms with Crippen LogP contribution in [0.5, 0.6) is 0 Å². The molecule has 0 bridgehead atoms. The maximum atomic E-state index is 4.97. The first-order valence-electron chi connectivity index (χ1n) is 10.4. The second-order valence-corrected chi connectivity index (χ2v) is 17.4. The molecule has 0 saturated carbocycles. The molecule has 0 aromatic carbocycles. The average molecular weight is 536 g/mol. The molecule has 0 aliphatic heterocycles. The van der Waals surface area contributed by atoms with Crippen molar-refractivity contribution in [1.29, 1.82) is 0 Å². The maximum absolute atomic E-state index is 4.97. The van der Waals surface area contributed by atoms with Crippen LogP contribution in [0.1, 0.15) is 55.4 Å². The molecular formula is C22H48Cl2NiO2P2+2. The predicted molar refractivity (Wildman–Crippen MR) is 141 cm³/mol. The molecule has 7 heteroatoms. The average Bonchev–Trinajstić information content (AvgIpc) is 2.61. The third-order valence-corrected chi connectivity index (χ3v) is 11.9. The van der Waals surface area contributed by atoms with E-state index in [4.69, 9.17) is 29.9 Å². The Bertz CT molecular complexity index is 330. The summed E-state index contributed by atoms with van der Waals surface area (Å²) in [6, 6.07) is 0. The predicted octanol–water partition coefficient (Wildman–Crippen LogP) is 7.82. The quantitative estimate of drug-likeness (QED) is 0.144. The van der Waals surface area contributed by atoms with Crippen LogP contribution in [0.4, 0.5) is 0 Å². The number of ether oxygens (including phenoxy) is 2. The zero-order valence-electron chi connectivity index (χ0n) is 20.3. The first kappa shape index (κ1) is 34.9. The first-order valence-corrected chi connectivity index (χ1v) is 16.9. The van der Waals surface area contributed by atoms with Crippen molar-refractivity contribution in [2.45, 2.75) is 78.0 Å². The van der Waals surface area contributed by atoms with Gasteiger partial charge in [0.2, 0.25) is 0 Å². The van der Waals surface area contributed by atoms with Gasteiger partial charge >= 0.3 is 33.0 Å². The van der Waals surface area contributed by atoms with Gasteiger partial charge in [0, 0.05) is 30.1 Å². The van der Waals surface area contributed by atoms with Gasteiger partial charge in [-0.2, -0.15) is 0 Å². The zero-order chi connectivity index (χ0) is 23.2. The van der Waals surface area contributed by atoms with Crippen molar-refractivity contribution >= 4 is 36.2 Å². The van der Waals surface area contributed by atoms with Crippen LogP contribution in [0.25, 0.3) is 0 Å². The van der Waals surface area contributed by atoms with E-state index in [9.17, 15) is 0 Å². The third kappa shape index (κ3) is 25.5. The van der Waals surface area contributed by atoms with Crippen molar-refractivity contribution in [3.8, 4) is 0 Å². The van der Waals surface area contributed by atoms with Gasteiger partial charge in [-0.15, -0.1) is 0 Å². The molecule has 0 unspecified atom stereocenters. The van der Waals surface area contributed by atoms with Gasteiger partial charge in [-0.25, -0.2) is 0 Å². The Morgan fingerprint density at radius 1 is 0.621 bits per heavy atom. The fraction of sp³-hybridized carbons (Fsp3) is 0.818. The van der Waals surface area contributed by atoms with Gasteiger partial charge in [0.25, 0.3) is 0 Å². The number of rotatable bonds is 12. The van der Waals surface area contributed by atoms with Crippen molar-refractivity contribution in [3.05, 3.63) is 24.3 Å². The molecule has 0 aromatic heterocycles. The van der Waals surface area contributed by atoms with Crippen LogP contribution >= 0.6 is 36.2 Å². The molecule has 0 amide bonds. The van der Waals surface area contributed by atoms with E-state index in [-0.39, 0.29) is 15.8 Å². The second-order valence-electron chi connectivity index (χ2n) is 8.08. The van der Waals surface area contributed by atoms with Gasteiger partial charge in [-0.3, -0.25) is 0 Å². The molecule has 29 heavy (non-hydrogen) atoms. The number of methoxy groups -OCH3 is 2. The first-order chi connectivity index (χ1) is 13.6. The SMILES string of the molecule is COCC=CC[PH+](C(C)C)C(C)C.COCC=CC[PH+](C(C)C)C(C)C.[Cl][Ni][Cl]. The minimum atomic E-state index is -0.202. The Hall–Kier alpha value is 1.33. The Kier molecular flexibility index (Phi) is 30.8. The van der Waals surface area contributed by atoms with Gasteiger partial charge in [-0.1, -0.05) is 12.2 Å². The van der Waals surface area contributed by atoms with Crippen LogP contribution in [0.15, 0.2) is 24.3 Å². The molecule has 180 valence electrons. The van der Waals surface area contributed by atoms with Gasteiger partial charge in [-0.05, 0) is 67.5 Å². The number of hydrogen-bond acceptors (Lipinski definition) is 2. The summed E-state index contributed by atoms with van der Waals surface area (Å²) in [6.07, 6.45) is 11.4. The second kappa shape index (κ2) is 25.6. The zero-order valence-corrected chi connectivity index (χ0v) is 24.8. The summed E-state index contributed by atoms with van der Waals surface area (Å²) in [4.78, 5) is 0. The van der Waals surface area contributed by atoms with Gasteiger partial charge in [0.15, 0.2) is 0 Å². The molecule has 2 nitrogen and oxygen atoms in total. The van der Waals surface area contributed by atoms with E-state index in [0.29, 0.717) is 12.7 Å². The Balaban J connectivity index is -0.000000410. The molecule has 0 fully saturated rings. The Labute approximate surface area is 199 Å². The van der Waals surface area contributed by atoms with E-state index in [1.807, 2.05) is 0 Å². The number of hydrogen-bond donors (Lipinski definition) is 0. The molecule has 0 aliphatic rings. The number of allylic oxidation sites excluding steroid dienone is 2. The van der Waals surface area contributed by atoms with Gasteiger partial charge < -0.3 is 9.47 Å². The summed E-state index contributed by atoms with van der Waals surface area (Å²) in [5.41, 5.74) is 3.49. The fourth-order valence-corrected chi connectivity index (χ4v) is 8.47. The van der Waals surface area contributed by atoms with E-state index >= 15 is 0 Å².